The van der Waals surface area contributed by atoms with E-state index in [4.69, 9.17) is 0 Å². The lowest BCUT2D eigenvalue weighted by molar-refractivity contribution is -0.287. The first kappa shape index (κ1) is 14.5. The zero-order valence-electron chi connectivity index (χ0n) is 8.95. The minimum Gasteiger partial charge on any atom is -0.402 e. The van der Waals surface area contributed by atoms with E-state index >= 15 is 0 Å². The minimum atomic E-state index is -5.12. The fraction of sp³-hybridized carbons (Fsp3) is 0.300. The summed E-state index contributed by atoms with van der Waals surface area (Å²) < 4.78 is 79.3. The normalized spacial score (nSPS) is 12.4. The van der Waals surface area contributed by atoms with Crippen molar-refractivity contribution in [1.82, 2.24) is 0 Å². The lowest BCUT2D eigenvalue weighted by Crippen LogP contribution is -2.22. The van der Waals surface area contributed by atoms with Crippen LogP contribution in [0.2, 0.25) is 0 Å². The predicted octanol–water partition coefficient (Wildman–Crippen LogP) is 3.97. The minimum absolute atomic E-state index is 0.101. The van der Waals surface area contributed by atoms with Crippen molar-refractivity contribution in [1.29, 1.82) is 0 Å². The van der Waals surface area contributed by atoms with Crippen molar-refractivity contribution >= 4 is 0 Å². The Balaban J connectivity index is 3.22. The van der Waals surface area contributed by atoms with Crippen LogP contribution in [0.1, 0.15) is 11.1 Å². The Morgan fingerprint density at radius 3 is 1.89 bits per heavy atom. The number of halogens is 6. The molecule has 0 N–H and O–H groups in total. The molecule has 0 unspecified atom stereocenters. The number of rotatable bonds is 2. The van der Waals surface area contributed by atoms with Crippen LogP contribution in [0.5, 0.6) is 11.5 Å². The van der Waals surface area contributed by atoms with Gasteiger partial charge in [0.25, 0.3) is 0 Å². The first-order chi connectivity index (χ1) is 7.99. The third-order valence-corrected chi connectivity index (χ3v) is 1.93. The molecule has 101 valence electrons. The molecule has 0 aromatic heterocycles. The van der Waals surface area contributed by atoms with Crippen molar-refractivity contribution < 1.29 is 35.8 Å². The van der Waals surface area contributed by atoms with Crippen LogP contribution >= 0.6 is 0 Å². The molecule has 0 amide bonds. The number of hydrogen-bond acceptors (Lipinski definition) is 2. The summed E-state index contributed by atoms with van der Waals surface area (Å²) in [6, 6.07) is 1.81. The van der Waals surface area contributed by atoms with Crippen molar-refractivity contribution in [3.05, 3.63) is 30.2 Å². The fourth-order valence-corrected chi connectivity index (χ4v) is 1.16. The molecule has 8 heteroatoms. The second-order valence-corrected chi connectivity index (χ2v) is 3.27. The molecule has 0 aliphatic rings. The van der Waals surface area contributed by atoms with Gasteiger partial charge >= 0.3 is 12.7 Å². The van der Waals surface area contributed by atoms with Gasteiger partial charge in [0.05, 0.1) is 0 Å². The molecule has 0 spiro atoms. The maximum atomic E-state index is 12.1. The molecule has 0 aliphatic heterocycles. The number of benzene rings is 1. The summed E-state index contributed by atoms with van der Waals surface area (Å²) in [6.07, 6.45) is -10.2. The summed E-state index contributed by atoms with van der Waals surface area (Å²) >= 11 is 0. The molecule has 1 rings (SSSR count). The summed E-state index contributed by atoms with van der Waals surface area (Å²) in [5.74, 6) is -2.11. The SMILES string of the molecule is [CH2]c1ccc(OC(F)(F)F)c(OC(F)(F)F)c1C. The molecular formula is C10H7F6O2. The first-order valence-corrected chi connectivity index (χ1v) is 4.46. The highest BCUT2D eigenvalue weighted by Crippen LogP contribution is 2.39. The van der Waals surface area contributed by atoms with E-state index in [9.17, 15) is 26.3 Å². The summed E-state index contributed by atoms with van der Waals surface area (Å²) in [4.78, 5) is 0. The van der Waals surface area contributed by atoms with Crippen LogP contribution in [0, 0.1) is 13.8 Å². The Bertz CT molecular complexity index is 435. The Morgan fingerprint density at radius 1 is 0.944 bits per heavy atom. The van der Waals surface area contributed by atoms with Gasteiger partial charge in [0, 0.05) is 0 Å². The second-order valence-electron chi connectivity index (χ2n) is 3.27. The molecule has 0 saturated carbocycles. The molecule has 2 nitrogen and oxygen atoms in total. The maximum Gasteiger partial charge on any atom is 0.573 e. The Labute approximate surface area is 98.1 Å². The zero-order chi connectivity index (χ0) is 14.1. The molecule has 0 aliphatic carbocycles. The molecule has 0 bridgehead atoms. The topological polar surface area (TPSA) is 18.5 Å². The van der Waals surface area contributed by atoms with Gasteiger partial charge in [-0.05, 0) is 31.0 Å². The number of hydrogen-bond donors (Lipinski definition) is 0. The second kappa shape index (κ2) is 4.58. The van der Waals surface area contributed by atoms with Crippen LogP contribution in [0.4, 0.5) is 26.3 Å². The smallest absolute Gasteiger partial charge is 0.402 e. The zero-order valence-corrected chi connectivity index (χ0v) is 8.95. The van der Waals surface area contributed by atoms with Gasteiger partial charge in [-0.1, -0.05) is 6.07 Å². The maximum absolute atomic E-state index is 12.1. The molecular weight excluding hydrogens is 266 g/mol. The van der Waals surface area contributed by atoms with E-state index in [1.165, 1.54) is 0 Å². The predicted molar refractivity (Wildman–Crippen MR) is 49.0 cm³/mol. The van der Waals surface area contributed by atoms with Crippen molar-refractivity contribution in [3.63, 3.8) is 0 Å². The standard InChI is InChI=1S/C10H7F6O2/c1-5-3-4-7(17-9(11,12)13)8(6(5)2)18-10(14,15)16/h3-4H,1H2,2H3. The van der Waals surface area contributed by atoms with Crippen molar-refractivity contribution in [2.75, 3.05) is 0 Å². The molecule has 1 radical (unpaired) electrons. The molecule has 0 saturated heterocycles. The highest BCUT2D eigenvalue weighted by atomic mass is 19.4. The highest BCUT2D eigenvalue weighted by Gasteiger charge is 2.37. The molecule has 18 heavy (non-hydrogen) atoms. The van der Waals surface area contributed by atoms with E-state index in [-0.39, 0.29) is 11.1 Å². The van der Waals surface area contributed by atoms with Gasteiger partial charge in [0.1, 0.15) is 0 Å². The van der Waals surface area contributed by atoms with E-state index in [2.05, 4.69) is 16.4 Å². The average Bonchev–Trinajstić information content (AvgIpc) is 2.14. The van der Waals surface area contributed by atoms with Crippen LogP contribution < -0.4 is 9.47 Å². The van der Waals surface area contributed by atoms with E-state index in [1.807, 2.05) is 0 Å². The van der Waals surface area contributed by atoms with Crippen LogP contribution in [-0.2, 0) is 0 Å². The van der Waals surface area contributed by atoms with Gasteiger partial charge in [-0.2, -0.15) is 0 Å². The molecule has 0 fully saturated rings. The van der Waals surface area contributed by atoms with Gasteiger partial charge in [0.2, 0.25) is 0 Å². The average molecular weight is 273 g/mol. The summed E-state index contributed by atoms with van der Waals surface area (Å²) in [5.41, 5.74) is -0.0853. The van der Waals surface area contributed by atoms with Crippen LogP contribution in [0.3, 0.4) is 0 Å². The Kier molecular flexibility index (Phi) is 3.68. The van der Waals surface area contributed by atoms with Gasteiger partial charge in [-0.25, -0.2) is 0 Å². The fourth-order valence-electron chi connectivity index (χ4n) is 1.16. The lowest BCUT2D eigenvalue weighted by atomic mass is 10.1. The molecule has 1 aromatic rings. The third kappa shape index (κ3) is 4.01. The molecule has 1 aromatic carbocycles. The quantitative estimate of drug-likeness (QED) is 0.759. The van der Waals surface area contributed by atoms with Gasteiger partial charge in [-0.15, -0.1) is 26.3 Å². The van der Waals surface area contributed by atoms with E-state index in [0.717, 1.165) is 13.0 Å². The Hall–Kier alpha value is -1.60. The van der Waals surface area contributed by atoms with Crippen LogP contribution in [0.15, 0.2) is 12.1 Å². The lowest BCUT2D eigenvalue weighted by Gasteiger charge is -2.18. The Morgan fingerprint density at radius 2 is 1.44 bits per heavy atom. The largest absolute Gasteiger partial charge is 0.573 e. The number of alkyl halides is 6. The highest BCUT2D eigenvalue weighted by molar-refractivity contribution is 5.51. The molecule has 0 atom stereocenters. The van der Waals surface area contributed by atoms with Crippen molar-refractivity contribution in [3.8, 4) is 11.5 Å². The molecule has 0 heterocycles. The first-order valence-electron chi connectivity index (χ1n) is 4.46. The van der Waals surface area contributed by atoms with Gasteiger partial charge in [0.15, 0.2) is 11.5 Å². The number of ether oxygens (including phenoxy) is 2. The van der Waals surface area contributed by atoms with E-state index in [0.29, 0.717) is 6.07 Å². The van der Waals surface area contributed by atoms with E-state index < -0.39 is 24.2 Å². The monoisotopic (exact) mass is 273 g/mol. The van der Waals surface area contributed by atoms with Crippen LogP contribution in [0.25, 0.3) is 0 Å². The summed E-state index contributed by atoms with van der Waals surface area (Å²) in [6.45, 7) is 4.51. The van der Waals surface area contributed by atoms with Crippen molar-refractivity contribution in [2.45, 2.75) is 19.6 Å². The van der Waals surface area contributed by atoms with E-state index in [1.54, 1.807) is 0 Å². The summed E-state index contributed by atoms with van der Waals surface area (Å²) in [5, 5.41) is 0. The van der Waals surface area contributed by atoms with Gasteiger partial charge in [-0.3, -0.25) is 0 Å². The van der Waals surface area contributed by atoms with Crippen LogP contribution in [-0.4, -0.2) is 12.7 Å². The summed E-state index contributed by atoms with van der Waals surface area (Å²) in [7, 11) is 0. The van der Waals surface area contributed by atoms with Crippen molar-refractivity contribution in [2.24, 2.45) is 0 Å². The third-order valence-electron chi connectivity index (χ3n) is 1.93. The van der Waals surface area contributed by atoms with Gasteiger partial charge < -0.3 is 9.47 Å².